The van der Waals surface area contributed by atoms with E-state index >= 15 is 0 Å². The van der Waals surface area contributed by atoms with Crippen molar-refractivity contribution in [1.29, 1.82) is 0 Å². The van der Waals surface area contributed by atoms with Gasteiger partial charge in [-0.1, -0.05) is 0 Å². The molecule has 13 N–H and O–H groups in total. The molecule has 0 bridgehead atoms. The van der Waals surface area contributed by atoms with Gasteiger partial charge in [0.15, 0.2) is 25.2 Å². The summed E-state index contributed by atoms with van der Waals surface area (Å²) in [6.07, 6.45) is -30.6. The van der Waals surface area contributed by atoms with Crippen LogP contribution in [0.25, 0.3) is 0 Å². The largest absolute Gasteiger partial charge is 0.394 e. The predicted octanol–water partition coefficient (Wildman–Crippen LogP) is -8.43. The second-order valence-electron chi connectivity index (χ2n) is 12.6. The first-order valence-corrected chi connectivity index (χ1v) is 15.9. The molecule has 0 aromatic heterocycles. The van der Waals surface area contributed by atoms with Gasteiger partial charge in [0.25, 0.3) is 0 Å². The van der Waals surface area contributed by atoms with Crippen LogP contribution in [0, 0.1) is 0 Å². The van der Waals surface area contributed by atoms with Gasteiger partial charge in [0.1, 0.15) is 91.4 Å². The minimum Gasteiger partial charge on any atom is -0.394 e. The third-order valence-electron chi connectivity index (χ3n) is 8.97. The van der Waals surface area contributed by atoms with Gasteiger partial charge in [0, 0.05) is 13.8 Å². The van der Waals surface area contributed by atoms with Crippen molar-refractivity contribution in [3.63, 3.8) is 0 Å². The number of amides is 2. The van der Waals surface area contributed by atoms with Crippen LogP contribution in [0.15, 0.2) is 0 Å². The molecule has 0 spiro atoms. The van der Waals surface area contributed by atoms with Crippen molar-refractivity contribution in [3.8, 4) is 0 Å². The highest BCUT2D eigenvalue weighted by Crippen LogP contribution is 2.35. The van der Waals surface area contributed by atoms with Crippen LogP contribution in [0.5, 0.6) is 0 Å². The van der Waals surface area contributed by atoms with E-state index in [-0.39, 0.29) is 0 Å². The fourth-order valence-electron chi connectivity index (χ4n) is 6.29. The summed E-state index contributed by atoms with van der Waals surface area (Å²) in [6.45, 7) is 0.947. The molecular formula is C28H48N2O20. The zero-order valence-electron chi connectivity index (χ0n) is 27.3. The number of aliphatic hydroxyl groups excluding tert-OH is 11. The molecule has 22 nitrogen and oxygen atoms in total. The van der Waals surface area contributed by atoms with Crippen LogP contribution in [0.2, 0.25) is 0 Å². The molecule has 50 heavy (non-hydrogen) atoms. The van der Waals surface area contributed by atoms with E-state index in [0.717, 1.165) is 13.8 Å². The lowest BCUT2D eigenvalue weighted by Crippen LogP contribution is -2.71. The molecule has 290 valence electrons. The van der Waals surface area contributed by atoms with E-state index in [0.29, 0.717) is 0 Å². The Balaban J connectivity index is 1.76. The molecule has 0 saturated carbocycles. The maximum Gasteiger partial charge on any atom is 0.217 e. The molecule has 4 fully saturated rings. The number of ether oxygens (including phenoxy) is 7. The first kappa shape index (κ1) is 41.0. The molecular weight excluding hydrogens is 684 g/mol. The number of carbonyl (C=O) groups is 2. The van der Waals surface area contributed by atoms with E-state index in [1.54, 1.807) is 0 Å². The molecule has 20 atom stereocenters. The minimum absolute atomic E-state index is 0.690. The Kier molecular flexibility index (Phi) is 14.2. The lowest BCUT2D eigenvalue weighted by Gasteiger charge is -2.51. The lowest BCUT2D eigenvalue weighted by atomic mass is 9.93. The predicted molar refractivity (Wildman–Crippen MR) is 156 cm³/mol. The van der Waals surface area contributed by atoms with E-state index in [1.807, 2.05) is 0 Å². The Labute approximate surface area is 285 Å². The molecule has 4 heterocycles. The zero-order valence-corrected chi connectivity index (χ0v) is 27.3. The van der Waals surface area contributed by atoms with Gasteiger partial charge in [0.2, 0.25) is 11.8 Å². The normalized spacial score (nSPS) is 48.5. The molecule has 4 saturated heterocycles. The molecule has 0 aromatic rings. The summed E-state index contributed by atoms with van der Waals surface area (Å²) in [6, 6.07) is -3.11. The third kappa shape index (κ3) is 8.70. The van der Waals surface area contributed by atoms with Crippen molar-refractivity contribution in [3.05, 3.63) is 0 Å². The second kappa shape index (κ2) is 17.4. The number of rotatable bonds is 11. The summed E-state index contributed by atoms with van der Waals surface area (Å²) < 4.78 is 40.3. The van der Waals surface area contributed by atoms with Gasteiger partial charge in [-0.25, -0.2) is 0 Å². The molecule has 4 aliphatic rings. The van der Waals surface area contributed by atoms with Crippen molar-refractivity contribution < 1.29 is 98.9 Å². The van der Waals surface area contributed by atoms with Crippen molar-refractivity contribution in [2.75, 3.05) is 19.8 Å². The van der Waals surface area contributed by atoms with E-state index in [4.69, 9.17) is 33.2 Å². The average Bonchev–Trinajstić information content (AvgIpc) is 3.07. The monoisotopic (exact) mass is 732 g/mol. The molecule has 2 amide bonds. The lowest BCUT2D eigenvalue weighted by molar-refractivity contribution is -0.381. The third-order valence-corrected chi connectivity index (χ3v) is 8.97. The van der Waals surface area contributed by atoms with Gasteiger partial charge in [-0.15, -0.1) is 0 Å². The Bertz CT molecular complexity index is 1120. The van der Waals surface area contributed by atoms with Crippen LogP contribution < -0.4 is 10.6 Å². The Morgan fingerprint density at radius 3 is 1.54 bits per heavy atom. The fraction of sp³-hybridized carbons (Fsp3) is 0.929. The quantitative estimate of drug-likeness (QED) is 0.0938. The molecule has 1 unspecified atom stereocenters. The van der Waals surface area contributed by atoms with Crippen LogP contribution in [-0.2, 0) is 42.7 Å². The van der Waals surface area contributed by atoms with Crippen molar-refractivity contribution in [1.82, 2.24) is 10.6 Å². The summed E-state index contributed by atoms with van der Waals surface area (Å²) >= 11 is 0. The highest BCUT2D eigenvalue weighted by molar-refractivity contribution is 5.73. The average molecular weight is 733 g/mol. The van der Waals surface area contributed by atoms with Crippen molar-refractivity contribution >= 4 is 11.8 Å². The standard InChI is InChI=1S/C28H48N2O20/c1-7-15(36)18(39)20(41)27(44-7)50-24-14(30-9(3)35)26(49-23-13(29-8(2)34)25(43)45-11(5-32)17(23)38)47-12(6-33)22(24)48-28-21(42)19(40)16(37)10(4-31)46-28/h7,10-28,31-33,36-43H,4-6H2,1-3H3,(H,29,34)(H,30,35)/t7-,10+,11+,12+,13+,14+,15+,16-,17-,18+,19-,20-,21+,22+,23+,24+,25?,26-,27-,28-/m0/s1. The maximum absolute atomic E-state index is 12.6. The van der Waals surface area contributed by atoms with E-state index in [2.05, 4.69) is 10.6 Å². The molecule has 22 heteroatoms. The van der Waals surface area contributed by atoms with Crippen LogP contribution in [-0.4, -0.2) is 211 Å². The van der Waals surface area contributed by atoms with Crippen LogP contribution in [0.3, 0.4) is 0 Å². The fourth-order valence-corrected chi connectivity index (χ4v) is 6.29. The van der Waals surface area contributed by atoms with Crippen molar-refractivity contribution in [2.24, 2.45) is 0 Å². The molecule has 0 radical (unpaired) electrons. The van der Waals surface area contributed by atoms with Crippen LogP contribution >= 0.6 is 0 Å². The smallest absolute Gasteiger partial charge is 0.217 e. The Morgan fingerprint density at radius 2 is 0.980 bits per heavy atom. The molecule has 0 aromatic carbocycles. The number of aliphatic hydroxyl groups is 11. The number of hydrogen-bond donors (Lipinski definition) is 13. The Morgan fingerprint density at radius 1 is 0.520 bits per heavy atom. The van der Waals surface area contributed by atoms with Gasteiger partial charge in [0.05, 0.1) is 25.9 Å². The summed E-state index contributed by atoms with van der Waals surface area (Å²) in [7, 11) is 0. The zero-order chi connectivity index (χ0) is 37.2. The molecule has 4 rings (SSSR count). The van der Waals surface area contributed by atoms with Gasteiger partial charge in [-0.3, -0.25) is 9.59 Å². The summed E-state index contributed by atoms with van der Waals surface area (Å²) in [4.78, 5) is 24.6. The highest BCUT2D eigenvalue weighted by atomic mass is 16.8. The van der Waals surface area contributed by atoms with Gasteiger partial charge in [-0.2, -0.15) is 0 Å². The van der Waals surface area contributed by atoms with Crippen LogP contribution in [0.1, 0.15) is 20.8 Å². The molecule has 0 aliphatic carbocycles. The van der Waals surface area contributed by atoms with Gasteiger partial charge < -0.3 is 100.0 Å². The molecule has 4 aliphatic heterocycles. The minimum atomic E-state index is -1.97. The highest BCUT2D eigenvalue weighted by Gasteiger charge is 2.56. The van der Waals surface area contributed by atoms with E-state index < -0.39 is 154 Å². The van der Waals surface area contributed by atoms with E-state index in [9.17, 15) is 65.8 Å². The number of hydrogen-bond acceptors (Lipinski definition) is 20. The summed E-state index contributed by atoms with van der Waals surface area (Å²) in [5, 5.41) is 119. The maximum atomic E-state index is 12.6. The summed E-state index contributed by atoms with van der Waals surface area (Å²) in [5.41, 5.74) is 0. The SMILES string of the molecule is CC(=O)N[C@H]1[C@H](O[C@H]2[C@@H](O)[C@@H](CO)OC(O)[C@@H]2NC(C)=O)O[C@H](CO)[C@@H](O[C@@H]2O[C@H](CO)[C@H](O)[C@H](O)[C@H]2O)[C@@H]1O[C@@H]1O[C@@H](C)[C@@H](O)[C@@H](O)[C@@H]1O. The van der Waals surface area contributed by atoms with Gasteiger partial charge in [-0.05, 0) is 6.92 Å². The topological polar surface area (TPSA) is 345 Å². The first-order valence-electron chi connectivity index (χ1n) is 15.9. The number of nitrogens with one attached hydrogen (secondary N) is 2. The number of carbonyl (C=O) groups excluding carboxylic acids is 2. The second-order valence-corrected chi connectivity index (χ2v) is 12.6. The van der Waals surface area contributed by atoms with Crippen molar-refractivity contribution in [2.45, 2.75) is 143 Å². The first-order chi connectivity index (χ1) is 23.5. The van der Waals surface area contributed by atoms with Crippen LogP contribution in [0.4, 0.5) is 0 Å². The Hall–Kier alpha value is -1.78. The summed E-state index contributed by atoms with van der Waals surface area (Å²) in [5.74, 6) is -1.45. The van der Waals surface area contributed by atoms with Gasteiger partial charge >= 0.3 is 0 Å². The van der Waals surface area contributed by atoms with E-state index in [1.165, 1.54) is 6.92 Å².